The minimum Gasteiger partial charge on any atom is -0.317 e. The Balaban J connectivity index is 0.00000161. The molecular formula is C15H20ClN3OS. The number of amides is 1. The molecule has 1 amide bonds. The largest absolute Gasteiger partial charge is 0.317 e. The predicted octanol–water partition coefficient (Wildman–Crippen LogP) is 3.63. The van der Waals surface area contributed by atoms with Gasteiger partial charge in [-0.25, -0.2) is 4.98 Å². The third-order valence-corrected chi connectivity index (χ3v) is 4.90. The van der Waals surface area contributed by atoms with Gasteiger partial charge in [-0.05, 0) is 37.5 Å². The Morgan fingerprint density at radius 1 is 1.33 bits per heavy atom. The van der Waals surface area contributed by atoms with E-state index in [4.69, 9.17) is 5.73 Å². The van der Waals surface area contributed by atoms with Crippen LogP contribution in [0.1, 0.15) is 37.7 Å². The maximum atomic E-state index is 12.4. The molecule has 0 spiro atoms. The molecule has 3 rings (SSSR count). The van der Waals surface area contributed by atoms with Crippen LogP contribution in [-0.2, 0) is 4.79 Å². The van der Waals surface area contributed by atoms with Gasteiger partial charge in [-0.1, -0.05) is 36.7 Å². The minimum atomic E-state index is -0.716. The Morgan fingerprint density at radius 3 is 2.76 bits per heavy atom. The fraction of sp³-hybridized carbons (Fsp3) is 0.467. The summed E-state index contributed by atoms with van der Waals surface area (Å²) >= 11 is 1.50. The molecule has 0 saturated heterocycles. The van der Waals surface area contributed by atoms with Gasteiger partial charge >= 0.3 is 0 Å². The average Bonchev–Trinajstić information content (AvgIpc) is 2.81. The van der Waals surface area contributed by atoms with E-state index in [1.165, 1.54) is 23.3 Å². The Morgan fingerprint density at radius 2 is 2.05 bits per heavy atom. The van der Waals surface area contributed by atoms with Crippen LogP contribution in [0, 0.1) is 6.92 Å². The number of hydrogen-bond donors (Lipinski definition) is 2. The topological polar surface area (TPSA) is 68.0 Å². The summed E-state index contributed by atoms with van der Waals surface area (Å²) in [5.74, 6) is -0.0898. The first kappa shape index (κ1) is 16.2. The Bertz CT molecular complexity index is 649. The van der Waals surface area contributed by atoms with Gasteiger partial charge in [-0.15, -0.1) is 12.4 Å². The number of carbonyl (C=O) groups is 1. The predicted molar refractivity (Wildman–Crippen MR) is 90.2 cm³/mol. The summed E-state index contributed by atoms with van der Waals surface area (Å²) in [5, 5.41) is 3.55. The van der Waals surface area contributed by atoms with Gasteiger partial charge in [-0.3, -0.25) is 4.79 Å². The number of halogens is 1. The van der Waals surface area contributed by atoms with Crippen LogP contribution in [-0.4, -0.2) is 16.4 Å². The van der Waals surface area contributed by atoms with Crippen molar-refractivity contribution in [2.45, 2.75) is 44.6 Å². The summed E-state index contributed by atoms with van der Waals surface area (Å²) < 4.78 is 1.09. The molecule has 1 aliphatic carbocycles. The monoisotopic (exact) mass is 325 g/mol. The van der Waals surface area contributed by atoms with Gasteiger partial charge in [0, 0.05) is 0 Å². The van der Waals surface area contributed by atoms with E-state index >= 15 is 0 Å². The lowest BCUT2D eigenvalue weighted by atomic mass is 9.82. The van der Waals surface area contributed by atoms with Crippen molar-refractivity contribution in [3.05, 3.63) is 23.8 Å². The summed E-state index contributed by atoms with van der Waals surface area (Å²) in [6.07, 6.45) is 4.77. The molecule has 2 aromatic rings. The van der Waals surface area contributed by atoms with Gasteiger partial charge < -0.3 is 11.1 Å². The van der Waals surface area contributed by atoms with E-state index in [-0.39, 0.29) is 18.3 Å². The molecule has 0 unspecified atom stereocenters. The maximum Gasteiger partial charge on any atom is 0.246 e. The third-order valence-electron chi connectivity index (χ3n) is 3.96. The summed E-state index contributed by atoms with van der Waals surface area (Å²) in [6, 6.07) is 6.09. The van der Waals surface area contributed by atoms with E-state index in [2.05, 4.69) is 16.4 Å². The van der Waals surface area contributed by atoms with Gasteiger partial charge in [0.25, 0.3) is 0 Å². The van der Waals surface area contributed by atoms with Crippen molar-refractivity contribution in [1.82, 2.24) is 4.98 Å². The highest BCUT2D eigenvalue weighted by atomic mass is 35.5. The van der Waals surface area contributed by atoms with Gasteiger partial charge in [0.15, 0.2) is 5.13 Å². The van der Waals surface area contributed by atoms with Crippen LogP contribution < -0.4 is 11.1 Å². The van der Waals surface area contributed by atoms with Crippen LogP contribution in [0.3, 0.4) is 0 Å². The van der Waals surface area contributed by atoms with E-state index in [1.807, 2.05) is 19.1 Å². The quantitative estimate of drug-likeness (QED) is 0.886. The summed E-state index contributed by atoms with van der Waals surface area (Å²) in [5.41, 5.74) is 7.64. The molecule has 114 valence electrons. The van der Waals surface area contributed by atoms with Crippen molar-refractivity contribution in [2.75, 3.05) is 5.32 Å². The smallest absolute Gasteiger partial charge is 0.246 e. The van der Waals surface area contributed by atoms with Crippen molar-refractivity contribution in [2.24, 2.45) is 5.73 Å². The molecule has 21 heavy (non-hydrogen) atoms. The number of carbonyl (C=O) groups excluding carboxylic acids is 1. The highest BCUT2D eigenvalue weighted by molar-refractivity contribution is 7.22. The fourth-order valence-corrected chi connectivity index (χ4v) is 3.68. The molecule has 3 N–H and O–H groups in total. The zero-order chi connectivity index (χ0) is 14.2. The molecule has 4 nitrogen and oxygen atoms in total. The standard InChI is InChI=1S/C15H19N3OS.ClH/c1-10-5-6-11-12(9-10)20-14(17-11)18-13(19)15(16)7-3-2-4-8-15;/h5-6,9H,2-4,7-8,16H2,1H3,(H,17,18,19);1H. The molecule has 0 aliphatic heterocycles. The van der Waals surface area contributed by atoms with Gasteiger partial charge in [0.2, 0.25) is 5.91 Å². The number of nitrogens with two attached hydrogens (primary N) is 1. The van der Waals surface area contributed by atoms with Crippen LogP contribution in [0.15, 0.2) is 18.2 Å². The third kappa shape index (κ3) is 3.36. The molecule has 0 bridgehead atoms. The van der Waals surface area contributed by atoms with Crippen molar-refractivity contribution in [1.29, 1.82) is 0 Å². The molecule has 1 aliphatic rings. The molecule has 1 saturated carbocycles. The van der Waals surface area contributed by atoms with E-state index in [1.54, 1.807) is 0 Å². The van der Waals surface area contributed by atoms with Crippen LogP contribution in [0.2, 0.25) is 0 Å². The van der Waals surface area contributed by atoms with Crippen LogP contribution in [0.5, 0.6) is 0 Å². The van der Waals surface area contributed by atoms with Crippen molar-refractivity contribution < 1.29 is 4.79 Å². The first-order valence-corrected chi connectivity index (χ1v) is 7.86. The van der Waals surface area contributed by atoms with Crippen LogP contribution in [0.25, 0.3) is 10.2 Å². The Kier molecular flexibility index (Phi) is 4.86. The number of aromatic nitrogens is 1. The highest BCUT2D eigenvalue weighted by Crippen LogP contribution is 2.30. The lowest BCUT2D eigenvalue weighted by molar-refractivity contribution is -0.122. The molecule has 0 radical (unpaired) electrons. The normalized spacial score (nSPS) is 17.2. The van der Waals surface area contributed by atoms with E-state index < -0.39 is 5.54 Å². The van der Waals surface area contributed by atoms with Crippen LogP contribution >= 0.6 is 23.7 Å². The summed E-state index contributed by atoms with van der Waals surface area (Å²) in [6.45, 7) is 2.05. The fourth-order valence-electron chi connectivity index (χ4n) is 2.72. The lowest BCUT2D eigenvalue weighted by Crippen LogP contribution is -2.52. The second-order valence-corrected chi connectivity index (χ2v) is 6.69. The van der Waals surface area contributed by atoms with Gasteiger partial charge in [0.1, 0.15) is 0 Å². The zero-order valence-electron chi connectivity index (χ0n) is 12.0. The second-order valence-electron chi connectivity index (χ2n) is 5.66. The first-order valence-electron chi connectivity index (χ1n) is 7.04. The Labute approximate surface area is 134 Å². The SMILES string of the molecule is Cc1ccc2nc(NC(=O)C3(N)CCCCC3)sc2c1.Cl. The Hall–Kier alpha value is -1.17. The molecule has 1 heterocycles. The van der Waals surface area contributed by atoms with E-state index in [0.29, 0.717) is 5.13 Å². The number of anilines is 1. The number of benzene rings is 1. The number of hydrogen-bond acceptors (Lipinski definition) is 4. The van der Waals surface area contributed by atoms with Crippen molar-refractivity contribution >= 4 is 45.0 Å². The molecule has 1 aromatic carbocycles. The van der Waals surface area contributed by atoms with E-state index in [9.17, 15) is 4.79 Å². The van der Waals surface area contributed by atoms with E-state index in [0.717, 1.165) is 35.9 Å². The number of thiazole rings is 1. The number of fused-ring (bicyclic) bond motifs is 1. The number of rotatable bonds is 2. The summed E-state index contributed by atoms with van der Waals surface area (Å²) in [4.78, 5) is 16.8. The number of nitrogens with one attached hydrogen (secondary N) is 1. The summed E-state index contributed by atoms with van der Waals surface area (Å²) in [7, 11) is 0. The molecule has 1 aromatic heterocycles. The van der Waals surface area contributed by atoms with Gasteiger partial charge in [0.05, 0.1) is 15.8 Å². The maximum absolute atomic E-state index is 12.4. The zero-order valence-corrected chi connectivity index (χ0v) is 13.6. The van der Waals surface area contributed by atoms with Crippen molar-refractivity contribution in [3.8, 4) is 0 Å². The molecule has 0 atom stereocenters. The van der Waals surface area contributed by atoms with Gasteiger partial charge in [-0.2, -0.15) is 0 Å². The molecule has 6 heteroatoms. The van der Waals surface area contributed by atoms with Crippen molar-refractivity contribution in [3.63, 3.8) is 0 Å². The molecular weight excluding hydrogens is 306 g/mol. The molecule has 1 fully saturated rings. The minimum absolute atomic E-state index is 0. The average molecular weight is 326 g/mol. The lowest BCUT2D eigenvalue weighted by Gasteiger charge is -2.31. The highest BCUT2D eigenvalue weighted by Gasteiger charge is 2.35. The number of aryl methyl sites for hydroxylation is 1. The second kappa shape index (κ2) is 6.30. The van der Waals surface area contributed by atoms with Crippen LogP contribution in [0.4, 0.5) is 5.13 Å². The number of nitrogens with zero attached hydrogens (tertiary/aromatic N) is 1. The first-order chi connectivity index (χ1) is 9.57.